The summed E-state index contributed by atoms with van der Waals surface area (Å²) in [6.07, 6.45) is 0. The number of amides is 1. The Balaban J connectivity index is 1.57. The number of rotatable bonds is 9. The number of hydrogen-bond acceptors (Lipinski definition) is 8. The van der Waals surface area contributed by atoms with E-state index in [1.807, 2.05) is 0 Å². The van der Waals surface area contributed by atoms with E-state index in [1.165, 1.54) is 38.4 Å². The predicted octanol–water partition coefficient (Wildman–Crippen LogP) is 1.69. The fraction of sp³-hybridized carbons (Fsp3) is 0.250. The molecule has 0 aliphatic carbocycles. The average Bonchev–Trinajstić information content (AvgIpc) is 3.27. The minimum atomic E-state index is -3.83. The van der Waals surface area contributed by atoms with E-state index in [9.17, 15) is 13.2 Å². The largest absolute Gasteiger partial charge is 0.497 e. The standard InChI is InChI=1S/C20H22N4O6S/c1-24(31(26,27)17-9-7-15(28-2)8-10-17)13-18(25)21-12-19-22-20(23-30-19)14-5-4-6-16(11-14)29-3/h4-11H,12-13H2,1-3H3,(H,21,25). The lowest BCUT2D eigenvalue weighted by atomic mass is 10.2. The first-order chi connectivity index (χ1) is 14.8. The van der Waals surface area contributed by atoms with Gasteiger partial charge in [-0.2, -0.15) is 9.29 Å². The molecule has 1 N–H and O–H groups in total. The highest BCUT2D eigenvalue weighted by molar-refractivity contribution is 7.89. The van der Waals surface area contributed by atoms with Crippen LogP contribution in [0.15, 0.2) is 57.9 Å². The number of carbonyl (C=O) groups is 1. The van der Waals surface area contributed by atoms with Crippen LogP contribution >= 0.6 is 0 Å². The first kappa shape index (κ1) is 22.2. The second-order valence-corrected chi connectivity index (χ2v) is 8.50. The number of nitrogens with one attached hydrogen (secondary N) is 1. The van der Waals surface area contributed by atoms with Gasteiger partial charge in [0.1, 0.15) is 11.5 Å². The van der Waals surface area contributed by atoms with Crippen molar-refractivity contribution < 1.29 is 27.2 Å². The molecule has 0 unspecified atom stereocenters. The summed E-state index contributed by atoms with van der Waals surface area (Å²) < 4.78 is 41.5. The molecule has 0 saturated heterocycles. The van der Waals surface area contributed by atoms with Crippen LogP contribution in [0.2, 0.25) is 0 Å². The second kappa shape index (κ2) is 9.58. The van der Waals surface area contributed by atoms with Crippen molar-refractivity contribution in [3.63, 3.8) is 0 Å². The molecular formula is C20H22N4O6S. The van der Waals surface area contributed by atoms with Crippen LogP contribution in [0.4, 0.5) is 0 Å². The summed E-state index contributed by atoms with van der Waals surface area (Å²) in [5.41, 5.74) is 0.700. The molecule has 11 heteroatoms. The molecule has 164 valence electrons. The Kier molecular flexibility index (Phi) is 6.88. The molecule has 10 nitrogen and oxygen atoms in total. The van der Waals surface area contributed by atoms with Crippen LogP contribution in [0.25, 0.3) is 11.4 Å². The number of nitrogens with zero attached hydrogens (tertiary/aromatic N) is 3. The first-order valence-corrected chi connectivity index (χ1v) is 10.6. The van der Waals surface area contributed by atoms with Gasteiger partial charge in [0, 0.05) is 12.6 Å². The molecule has 0 saturated carbocycles. The zero-order chi connectivity index (χ0) is 22.4. The summed E-state index contributed by atoms with van der Waals surface area (Å²) in [4.78, 5) is 16.5. The third kappa shape index (κ3) is 5.38. The number of aromatic nitrogens is 2. The number of methoxy groups -OCH3 is 2. The molecule has 3 rings (SSSR count). The highest BCUT2D eigenvalue weighted by Gasteiger charge is 2.23. The molecule has 0 fully saturated rings. The minimum Gasteiger partial charge on any atom is -0.497 e. The summed E-state index contributed by atoms with van der Waals surface area (Å²) in [5, 5.41) is 6.46. The monoisotopic (exact) mass is 446 g/mol. The van der Waals surface area contributed by atoms with E-state index < -0.39 is 15.9 Å². The molecular weight excluding hydrogens is 424 g/mol. The second-order valence-electron chi connectivity index (χ2n) is 6.46. The smallest absolute Gasteiger partial charge is 0.246 e. The third-order valence-corrected chi connectivity index (χ3v) is 6.18. The molecule has 0 atom stereocenters. The van der Waals surface area contributed by atoms with Crippen LogP contribution in [-0.2, 0) is 21.4 Å². The summed E-state index contributed by atoms with van der Waals surface area (Å²) >= 11 is 0. The summed E-state index contributed by atoms with van der Waals surface area (Å²) in [5.74, 6) is 1.21. The van der Waals surface area contributed by atoms with E-state index in [2.05, 4.69) is 15.5 Å². The van der Waals surface area contributed by atoms with Crippen LogP contribution in [-0.4, -0.2) is 56.6 Å². The van der Waals surface area contributed by atoms with Gasteiger partial charge in [-0.3, -0.25) is 4.79 Å². The van der Waals surface area contributed by atoms with Crippen molar-refractivity contribution in [3.8, 4) is 22.9 Å². The van der Waals surface area contributed by atoms with Crippen molar-refractivity contribution in [2.24, 2.45) is 0 Å². The van der Waals surface area contributed by atoms with Crippen LogP contribution in [0, 0.1) is 0 Å². The van der Waals surface area contributed by atoms with Crippen molar-refractivity contribution >= 4 is 15.9 Å². The number of ether oxygens (including phenoxy) is 2. The fourth-order valence-electron chi connectivity index (χ4n) is 2.65. The minimum absolute atomic E-state index is 0.0355. The maximum atomic E-state index is 12.6. The highest BCUT2D eigenvalue weighted by atomic mass is 32.2. The van der Waals surface area contributed by atoms with E-state index in [-0.39, 0.29) is 23.9 Å². The Hall–Kier alpha value is -3.44. The van der Waals surface area contributed by atoms with Gasteiger partial charge in [-0.1, -0.05) is 17.3 Å². The number of likely N-dealkylation sites (N-methyl/N-ethyl adjacent to an activating group) is 1. The van der Waals surface area contributed by atoms with Crippen LogP contribution in [0.5, 0.6) is 11.5 Å². The molecule has 31 heavy (non-hydrogen) atoms. The molecule has 2 aromatic carbocycles. The van der Waals surface area contributed by atoms with Crippen LogP contribution in [0.1, 0.15) is 5.89 Å². The quantitative estimate of drug-likeness (QED) is 0.527. The zero-order valence-electron chi connectivity index (χ0n) is 17.2. The van der Waals surface area contributed by atoms with E-state index in [4.69, 9.17) is 14.0 Å². The Bertz CT molecular complexity index is 1140. The molecule has 1 amide bonds. The first-order valence-electron chi connectivity index (χ1n) is 9.17. The van der Waals surface area contributed by atoms with E-state index >= 15 is 0 Å². The third-order valence-electron chi connectivity index (χ3n) is 4.37. The van der Waals surface area contributed by atoms with Gasteiger partial charge in [-0.05, 0) is 36.4 Å². The van der Waals surface area contributed by atoms with Gasteiger partial charge >= 0.3 is 0 Å². The summed E-state index contributed by atoms with van der Waals surface area (Å²) in [7, 11) is 0.546. The van der Waals surface area contributed by atoms with Gasteiger partial charge in [-0.25, -0.2) is 8.42 Å². The van der Waals surface area contributed by atoms with Gasteiger partial charge in [0.2, 0.25) is 27.6 Å². The lowest BCUT2D eigenvalue weighted by Crippen LogP contribution is -2.38. The van der Waals surface area contributed by atoms with Crippen LogP contribution in [0.3, 0.4) is 0 Å². The van der Waals surface area contributed by atoms with Gasteiger partial charge < -0.3 is 19.3 Å². The van der Waals surface area contributed by atoms with E-state index in [0.717, 1.165) is 4.31 Å². The number of carbonyl (C=O) groups excluding carboxylic acids is 1. The maximum Gasteiger partial charge on any atom is 0.246 e. The molecule has 0 bridgehead atoms. The average molecular weight is 446 g/mol. The van der Waals surface area contributed by atoms with Gasteiger partial charge in [0.25, 0.3) is 0 Å². The molecule has 0 spiro atoms. The van der Waals surface area contributed by atoms with Crippen molar-refractivity contribution in [1.29, 1.82) is 0 Å². The van der Waals surface area contributed by atoms with Gasteiger partial charge in [0.15, 0.2) is 0 Å². The van der Waals surface area contributed by atoms with Gasteiger partial charge in [0.05, 0.1) is 32.2 Å². The highest BCUT2D eigenvalue weighted by Crippen LogP contribution is 2.21. The number of sulfonamides is 1. The van der Waals surface area contributed by atoms with Crippen molar-refractivity contribution in [1.82, 2.24) is 19.8 Å². The Morgan fingerprint density at radius 3 is 2.48 bits per heavy atom. The van der Waals surface area contributed by atoms with E-state index in [0.29, 0.717) is 22.9 Å². The summed E-state index contributed by atoms with van der Waals surface area (Å²) in [6, 6.07) is 13.1. The SMILES string of the molecule is COc1ccc(S(=O)(=O)N(C)CC(=O)NCc2nc(-c3cccc(OC)c3)no2)cc1. The molecule has 0 radical (unpaired) electrons. The molecule has 3 aromatic rings. The van der Waals surface area contributed by atoms with Crippen molar-refractivity contribution in [3.05, 3.63) is 54.4 Å². The number of hydrogen-bond donors (Lipinski definition) is 1. The fourth-order valence-corrected chi connectivity index (χ4v) is 3.78. The topological polar surface area (TPSA) is 124 Å². The molecule has 1 aromatic heterocycles. The number of benzene rings is 2. The Morgan fingerprint density at radius 1 is 1.10 bits per heavy atom. The van der Waals surface area contributed by atoms with Gasteiger partial charge in [-0.15, -0.1) is 0 Å². The maximum absolute atomic E-state index is 12.6. The Labute approximate surface area is 179 Å². The summed E-state index contributed by atoms with van der Waals surface area (Å²) in [6.45, 7) is -0.405. The van der Waals surface area contributed by atoms with Crippen molar-refractivity contribution in [2.45, 2.75) is 11.4 Å². The Morgan fingerprint density at radius 2 is 1.81 bits per heavy atom. The molecule has 1 heterocycles. The molecule has 0 aliphatic rings. The van der Waals surface area contributed by atoms with E-state index in [1.54, 1.807) is 31.4 Å². The zero-order valence-corrected chi connectivity index (χ0v) is 18.0. The van der Waals surface area contributed by atoms with Crippen molar-refractivity contribution in [2.75, 3.05) is 27.8 Å². The normalized spacial score (nSPS) is 11.4. The van der Waals surface area contributed by atoms with Crippen LogP contribution < -0.4 is 14.8 Å². The lowest BCUT2D eigenvalue weighted by molar-refractivity contribution is -0.121. The predicted molar refractivity (Wildman–Crippen MR) is 111 cm³/mol. The molecule has 0 aliphatic heterocycles. The lowest BCUT2D eigenvalue weighted by Gasteiger charge is -2.16.